The van der Waals surface area contributed by atoms with Crippen LogP contribution in [0.4, 0.5) is 0 Å². The van der Waals surface area contributed by atoms with Gasteiger partial charge in [-0.3, -0.25) is 9.69 Å². The van der Waals surface area contributed by atoms with Crippen LogP contribution in [0.3, 0.4) is 0 Å². The van der Waals surface area contributed by atoms with E-state index in [0.29, 0.717) is 12.6 Å². The smallest absolute Gasteiger partial charge is 0.177 e. The predicted molar refractivity (Wildman–Crippen MR) is 83.3 cm³/mol. The molecule has 1 heterocycles. The topological polar surface area (TPSA) is 20.3 Å². The third-order valence-corrected chi connectivity index (χ3v) is 4.55. The van der Waals surface area contributed by atoms with Crippen LogP contribution in [0.2, 0.25) is 0 Å². The standard InChI is InChI=1S/C17H19NOS/c1-13-4-2-3-5-16(13)17(19)11-18(15-6-7-15)10-14-8-9-20-12-14/h2-5,8-9,12,15H,6-7,10-11H2,1H3. The molecule has 0 N–H and O–H groups in total. The summed E-state index contributed by atoms with van der Waals surface area (Å²) in [5, 5.41) is 4.28. The predicted octanol–water partition coefficient (Wildman–Crippen LogP) is 3.90. The molecule has 0 bridgehead atoms. The van der Waals surface area contributed by atoms with Gasteiger partial charge in [-0.2, -0.15) is 11.3 Å². The number of hydrogen-bond acceptors (Lipinski definition) is 3. The van der Waals surface area contributed by atoms with Crippen molar-refractivity contribution >= 4 is 17.1 Å². The molecule has 3 heteroatoms. The van der Waals surface area contributed by atoms with E-state index in [1.165, 1.54) is 18.4 Å². The van der Waals surface area contributed by atoms with Crippen LogP contribution in [0.15, 0.2) is 41.1 Å². The Labute approximate surface area is 124 Å². The average molecular weight is 285 g/mol. The van der Waals surface area contributed by atoms with E-state index < -0.39 is 0 Å². The molecule has 0 radical (unpaired) electrons. The minimum absolute atomic E-state index is 0.241. The molecule has 1 aromatic heterocycles. The number of Topliss-reactive ketones (excluding diaryl/α,β-unsaturated/α-hetero) is 1. The van der Waals surface area contributed by atoms with E-state index in [1.807, 2.05) is 31.2 Å². The molecule has 1 fully saturated rings. The zero-order chi connectivity index (χ0) is 13.9. The van der Waals surface area contributed by atoms with Crippen molar-refractivity contribution in [1.82, 2.24) is 4.90 Å². The molecule has 20 heavy (non-hydrogen) atoms. The number of carbonyl (C=O) groups excluding carboxylic acids is 1. The molecule has 1 saturated carbocycles. The van der Waals surface area contributed by atoms with Gasteiger partial charge in [0.25, 0.3) is 0 Å². The van der Waals surface area contributed by atoms with E-state index in [-0.39, 0.29) is 5.78 Å². The number of rotatable bonds is 6. The largest absolute Gasteiger partial charge is 0.293 e. The van der Waals surface area contributed by atoms with Gasteiger partial charge < -0.3 is 0 Å². The van der Waals surface area contributed by atoms with Crippen molar-refractivity contribution in [2.75, 3.05) is 6.54 Å². The SMILES string of the molecule is Cc1ccccc1C(=O)CN(Cc1ccsc1)C1CC1. The number of carbonyl (C=O) groups is 1. The van der Waals surface area contributed by atoms with Crippen LogP contribution in [0.1, 0.15) is 34.3 Å². The van der Waals surface area contributed by atoms with E-state index in [2.05, 4.69) is 21.7 Å². The van der Waals surface area contributed by atoms with E-state index in [9.17, 15) is 4.79 Å². The molecule has 0 aliphatic heterocycles. The average Bonchev–Trinajstić information content (AvgIpc) is 3.17. The summed E-state index contributed by atoms with van der Waals surface area (Å²) in [5.41, 5.74) is 3.26. The summed E-state index contributed by atoms with van der Waals surface area (Å²) in [7, 11) is 0. The highest BCUT2D eigenvalue weighted by molar-refractivity contribution is 7.07. The number of thiophene rings is 1. The summed E-state index contributed by atoms with van der Waals surface area (Å²) in [6, 6.07) is 10.6. The molecule has 0 amide bonds. The second-order valence-electron chi connectivity index (χ2n) is 5.51. The molecule has 1 aliphatic rings. The van der Waals surface area contributed by atoms with E-state index in [0.717, 1.165) is 17.7 Å². The highest BCUT2D eigenvalue weighted by Gasteiger charge is 2.30. The lowest BCUT2D eigenvalue weighted by molar-refractivity contribution is 0.0918. The summed E-state index contributed by atoms with van der Waals surface area (Å²) >= 11 is 1.72. The van der Waals surface area contributed by atoms with Gasteiger partial charge in [-0.25, -0.2) is 0 Å². The molecule has 0 atom stereocenters. The first kappa shape index (κ1) is 13.5. The van der Waals surface area contributed by atoms with Gasteiger partial charge in [0.05, 0.1) is 6.54 Å². The number of ketones is 1. The van der Waals surface area contributed by atoms with Gasteiger partial charge in [-0.15, -0.1) is 0 Å². The number of aryl methyl sites for hydroxylation is 1. The molecule has 2 nitrogen and oxygen atoms in total. The molecule has 2 aromatic rings. The lowest BCUT2D eigenvalue weighted by Crippen LogP contribution is -2.31. The van der Waals surface area contributed by atoms with Crippen molar-refractivity contribution in [3.8, 4) is 0 Å². The fourth-order valence-electron chi connectivity index (χ4n) is 2.53. The maximum Gasteiger partial charge on any atom is 0.177 e. The van der Waals surface area contributed by atoms with Gasteiger partial charge in [0.15, 0.2) is 5.78 Å². The maximum atomic E-state index is 12.5. The van der Waals surface area contributed by atoms with E-state index >= 15 is 0 Å². The number of hydrogen-bond donors (Lipinski definition) is 0. The van der Waals surface area contributed by atoms with Gasteiger partial charge in [-0.1, -0.05) is 24.3 Å². The Morgan fingerprint density at radius 3 is 2.75 bits per heavy atom. The third-order valence-electron chi connectivity index (χ3n) is 3.82. The highest BCUT2D eigenvalue weighted by Crippen LogP contribution is 2.29. The monoisotopic (exact) mass is 285 g/mol. The van der Waals surface area contributed by atoms with Crippen molar-refractivity contribution < 1.29 is 4.79 Å². The van der Waals surface area contributed by atoms with E-state index in [1.54, 1.807) is 11.3 Å². The summed E-state index contributed by atoms with van der Waals surface area (Å²) in [6.07, 6.45) is 2.45. The fourth-order valence-corrected chi connectivity index (χ4v) is 3.19. The Kier molecular flexibility index (Phi) is 3.99. The van der Waals surface area contributed by atoms with Crippen molar-refractivity contribution in [3.05, 3.63) is 57.8 Å². The zero-order valence-corrected chi connectivity index (χ0v) is 12.5. The Morgan fingerprint density at radius 2 is 2.10 bits per heavy atom. The number of benzene rings is 1. The molecule has 0 spiro atoms. The molecule has 0 unspecified atom stereocenters. The Morgan fingerprint density at radius 1 is 1.30 bits per heavy atom. The Balaban J connectivity index is 1.70. The van der Waals surface area contributed by atoms with Crippen molar-refractivity contribution in [2.45, 2.75) is 32.4 Å². The second-order valence-corrected chi connectivity index (χ2v) is 6.29. The Hall–Kier alpha value is -1.45. The molecular weight excluding hydrogens is 266 g/mol. The molecule has 1 aliphatic carbocycles. The van der Waals surface area contributed by atoms with Gasteiger partial charge in [0.2, 0.25) is 0 Å². The van der Waals surface area contributed by atoms with Crippen LogP contribution >= 0.6 is 11.3 Å². The minimum Gasteiger partial charge on any atom is -0.293 e. The summed E-state index contributed by atoms with van der Waals surface area (Å²) in [4.78, 5) is 14.8. The van der Waals surface area contributed by atoms with Gasteiger partial charge in [-0.05, 0) is 47.7 Å². The first-order valence-corrected chi connectivity index (χ1v) is 8.02. The molecule has 104 valence electrons. The zero-order valence-electron chi connectivity index (χ0n) is 11.7. The fraction of sp³-hybridized carbons (Fsp3) is 0.353. The number of nitrogens with zero attached hydrogens (tertiary/aromatic N) is 1. The summed E-state index contributed by atoms with van der Waals surface area (Å²) in [5.74, 6) is 0.241. The molecular formula is C17H19NOS. The summed E-state index contributed by atoms with van der Waals surface area (Å²) in [6.45, 7) is 3.44. The maximum absolute atomic E-state index is 12.5. The van der Waals surface area contributed by atoms with Crippen LogP contribution in [0.5, 0.6) is 0 Å². The highest BCUT2D eigenvalue weighted by atomic mass is 32.1. The van der Waals surface area contributed by atoms with Crippen molar-refractivity contribution in [1.29, 1.82) is 0 Å². The van der Waals surface area contributed by atoms with Crippen LogP contribution in [0.25, 0.3) is 0 Å². The quantitative estimate of drug-likeness (QED) is 0.750. The summed E-state index contributed by atoms with van der Waals surface area (Å²) < 4.78 is 0. The van der Waals surface area contributed by atoms with Gasteiger partial charge in [0, 0.05) is 18.2 Å². The molecule has 3 rings (SSSR count). The second kappa shape index (κ2) is 5.90. The normalized spacial score (nSPS) is 14.7. The van der Waals surface area contributed by atoms with Crippen molar-refractivity contribution in [3.63, 3.8) is 0 Å². The van der Waals surface area contributed by atoms with Crippen molar-refractivity contribution in [2.24, 2.45) is 0 Å². The lowest BCUT2D eigenvalue weighted by atomic mass is 10.0. The van der Waals surface area contributed by atoms with Gasteiger partial charge >= 0.3 is 0 Å². The first-order valence-electron chi connectivity index (χ1n) is 7.08. The van der Waals surface area contributed by atoms with Crippen LogP contribution in [-0.2, 0) is 6.54 Å². The van der Waals surface area contributed by atoms with Gasteiger partial charge in [0.1, 0.15) is 0 Å². The molecule has 0 saturated heterocycles. The van der Waals surface area contributed by atoms with Crippen LogP contribution in [-0.4, -0.2) is 23.3 Å². The van der Waals surface area contributed by atoms with Crippen LogP contribution < -0.4 is 0 Å². The van der Waals surface area contributed by atoms with Crippen LogP contribution in [0, 0.1) is 6.92 Å². The Bertz CT molecular complexity index is 587. The molecule has 1 aromatic carbocycles. The lowest BCUT2D eigenvalue weighted by Gasteiger charge is -2.21. The third kappa shape index (κ3) is 3.17. The minimum atomic E-state index is 0.241. The van der Waals surface area contributed by atoms with E-state index in [4.69, 9.17) is 0 Å². The first-order chi connectivity index (χ1) is 9.74.